The smallest absolute Gasteiger partial charge is 0.251 e. The largest absolute Gasteiger partial charge is 0.395 e. The highest BCUT2D eigenvalue weighted by molar-refractivity contribution is 5.78. The van der Waals surface area contributed by atoms with Gasteiger partial charge < -0.3 is 10.0 Å². The molecule has 0 aromatic rings. The third-order valence-corrected chi connectivity index (χ3v) is 2.82. The minimum absolute atomic E-state index is 0.0325. The van der Waals surface area contributed by atoms with Gasteiger partial charge in [-0.15, -0.1) is 0 Å². The summed E-state index contributed by atoms with van der Waals surface area (Å²) in [5.41, 5.74) is 0. The van der Waals surface area contributed by atoms with Crippen molar-refractivity contribution in [2.75, 3.05) is 32.8 Å². The minimum atomic E-state index is -2.48. The average molecular weight is 250 g/mol. The Balaban J connectivity index is 2.43. The second-order valence-corrected chi connectivity index (χ2v) is 4.26. The molecule has 0 saturated heterocycles. The van der Waals surface area contributed by atoms with Gasteiger partial charge in [0.25, 0.3) is 6.43 Å². The molecule has 17 heavy (non-hydrogen) atoms. The summed E-state index contributed by atoms with van der Waals surface area (Å²) < 4.78 is 24.5. The number of likely N-dealkylation sites (N-methyl/N-ethyl adjacent to an activating group) is 1. The summed E-state index contributed by atoms with van der Waals surface area (Å²) in [6.07, 6.45) is -0.464. The van der Waals surface area contributed by atoms with Crippen LogP contribution in [0.25, 0.3) is 0 Å². The summed E-state index contributed by atoms with van der Waals surface area (Å²) in [5, 5.41) is 8.77. The zero-order chi connectivity index (χ0) is 12.8. The van der Waals surface area contributed by atoms with Crippen LogP contribution in [0.15, 0.2) is 0 Å². The van der Waals surface area contributed by atoms with Crippen LogP contribution in [0.1, 0.15) is 19.8 Å². The Kier molecular flexibility index (Phi) is 5.77. The Morgan fingerprint density at radius 2 is 2.12 bits per heavy atom. The van der Waals surface area contributed by atoms with Crippen LogP contribution in [0.4, 0.5) is 8.78 Å². The van der Waals surface area contributed by atoms with Crippen LogP contribution < -0.4 is 0 Å². The predicted octanol–water partition coefficient (Wildman–Crippen LogP) is 0.557. The number of hydrogen-bond donors (Lipinski definition) is 1. The van der Waals surface area contributed by atoms with Crippen molar-refractivity contribution in [3.8, 4) is 0 Å². The van der Waals surface area contributed by atoms with Gasteiger partial charge in [-0.1, -0.05) is 0 Å². The summed E-state index contributed by atoms with van der Waals surface area (Å²) in [7, 11) is 0. The molecule has 1 N–H and O–H groups in total. The van der Waals surface area contributed by atoms with E-state index in [9.17, 15) is 13.6 Å². The van der Waals surface area contributed by atoms with E-state index < -0.39 is 13.0 Å². The number of alkyl halides is 2. The quantitative estimate of drug-likeness (QED) is 0.684. The van der Waals surface area contributed by atoms with Crippen molar-refractivity contribution in [2.45, 2.75) is 32.2 Å². The zero-order valence-corrected chi connectivity index (χ0v) is 10.1. The Morgan fingerprint density at radius 3 is 2.53 bits per heavy atom. The monoisotopic (exact) mass is 250 g/mol. The van der Waals surface area contributed by atoms with Crippen LogP contribution in [0.5, 0.6) is 0 Å². The number of nitrogens with zero attached hydrogens (tertiary/aromatic N) is 2. The molecule has 0 heterocycles. The van der Waals surface area contributed by atoms with Crippen LogP contribution in [0.2, 0.25) is 0 Å². The van der Waals surface area contributed by atoms with Gasteiger partial charge in [-0.2, -0.15) is 0 Å². The zero-order valence-electron chi connectivity index (χ0n) is 10.1. The Morgan fingerprint density at radius 1 is 1.47 bits per heavy atom. The second kappa shape index (κ2) is 6.86. The maximum Gasteiger partial charge on any atom is 0.251 e. The first-order valence-corrected chi connectivity index (χ1v) is 5.99. The maximum absolute atomic E-state index is 12.3. The van der Waals surface area contributed by atoms with Crippen molar-refractivity contribution < 1.29 is 18.7 Å². The van der Waals surface area contributed by atoms with Gasteiger partial charge >= 0.3 is 0 Å². The molecule has 0 aliphatic heterocycles. The lowest BCUT2D eigenvalue weighted by Gasteiger charge is -2.26. The molecule has 1 fully saturated rings. The molecule has 1 amide bonds. The van der Waals surface area contributed by atoms with Crippen LogP contribution >= 0.6 is 0 Å². The number of hydrogen-bond acceptors (Lipinski definition) is 3. The third kappa shape index (κ3) is 4.95. The maximum atomic E-state index is 12.3. The van der Waals surface area contributed by atoms with E-state index in [1.807, 2.05) is 6.92 Å². The number of carbonyl (C=O) groups excluding carboxylic acids is 1. The lowest BCUT2D eigenvalue weighted by atomic mass is 10.3. The molecule has 0 atom stereocenters. The van der Waals surface area contributed by atoms with Crippen LogP contribution in [0, 0.1) is 0 Å². The molecule has 0 aromatic carbocycles. The molecule has 0 radical (unpaired) electrons. The van der Waals surface area contributed by atoms with Crippen molar-refractivity contribution in [1.82, 2.24) is 9.80 Å². The van der Waals surface area contributed by atoms with E-state index in [1.165, 1.54) is 4.90 Å². The molecule has 0 spiro atoms. The fraction of sp³-hybridized carbons (Fsp3) is 0.909. The lowest BCUT2D eigenvalue weighted by molar-refractivity contribution is -0.133. The first-order valence-electron chi connectivity index (χ1n) is 5.99. The van der Waals surface area contributed by atoms with E-state index in [4.69, 9.17) is 5.11 Å². The van der Waals surface area contributed by atoms with Gasteiger partial charge in [0, 0.05) is 19.1 Å². The van der Waals surface area contributed by atoms with Crippen molar-refractivity contribution in [1.29, 1.82) is 0 Å². The van der Waals surface area contributed by atoms with Gasteiger partial charge in [-0.05, 0) is 19.8 Å². The molecular weight excluding hydrogens is 230 g/mol. The van der Waals surface area contributed by atoms with Crippen LogP contribution in [0.3, 0.4) is 0 Å². The summed E-state index contributed by atoms with van der Waals surface area (Å²) in [6.45, 7) is 1.91. The number of rotatable bonds is 8. The Hall–Kier alpha value is -0.750. The summed E-state index contributed by atoms with van der Waals surface area (Å²) in [6, 6.07) is 0.301. The van der Waals surface area contributed by atoms with E-state index >= 15 is 0 Å². The molecule has 4 nitrogen and oxygen atoms in total. The van der Waals surface area contributed by atoms with Crippen molar-refractivity contribution in [3.63, 3.8) is 0 Å². The summed E-state index contributed by atoms with van der Waals surface area (Å²) in [5.74, 6) is -0.121. The molecule has 100 valence electrons. The summed E-state index contributed by atoms with van der Waals surface area (Å²) in [4.78, 5) is 14.9. The van der Waals surface area contributed by atoms with Crippen LogP contribution in [-0.2, 0) is 4.79 Å². The van der Waals surface area contributed by atoms with E-state index in [2.05, 4.69) is 0 Å². The van der Waals surface area contributed by atoms with E-state index in [1.54, 1.807) is 4.90 Å². The number of amides is 1. The summed E-state index contributed by atoms with van der Waals surface area (Å²) >= 11 is 0. The van der Waals surface area contributed by atoms with Gasteiger partial charge in [0.2, 0.25) is 5.91 Å². The third-order valence-electron chi connectivity index (χ3n) is 2.82. The topological polar surface area (TPSA) is 43.8 Å². The fourth-order valence-electron chi connectivity index (χ4n) is 1.88. The highest BCUT2D eigenvalue weighted by Gasteiger charge is 2.32. The molecule has 1 saturated carbocycles. The van der Waals surface area contributed by atoms with Crippen LogP contribution in [-0.4, -0.2) is 66.1 Å². The molecule has 0 bridgehead atoms. The normalized spacial score (nSPS) is 15.6. The van der Waals surface area contributed by atoms with Crippen molar-refractivity contribution in [2.24, 2.45) is 0 Å². The Labute approximate surface area is 100 Å². The SMILES string of the molecule is CCN(C(=O)CN(CCO)CC(F)F)C1CC1. The van der Waals surface area contributed by atoms with Gasteiger partial charge in [-0.25, -0.2) is 8.78 Å². The van der Waals surface area contributed by atoms with Crippen molar-refractivity contribution in [3.05, 3.63) is 0 Å². The molecule has 0 unspecified atom stereocenters. The lowest BCUT2D eigenvalue weighted by Crippen LogP contribution is -2.43. The average Bonchev–Trinajstić information content (AvgIpc) is 3.02. The van der Waals surface area contributed by atoms with E-state index in [0.717, 1.165) is 12.8 Å². The molecule has 1 aliphatic rings. The molecular formula is C11H20F2N2O2. The van der Waals surface area contributed by atoms with Gasteiger partial charge in [0.1, 0.15) is 0 Å². The number of halogens is 2. The standard InChI is InChI=1S/C11H20F2N2O2/c1-2-15(9-3-4-9)11(17)8-14(5-6-16)7-10(12)13/h9-10,16H,2-8H2,1H3. The van der Waals surface area contributed by atoms with Gasteiger partial charge in [0.05, 0.1) is 19.7 Å². The molecule has 6 heteroatoms. The first kappa shape index (κ1) is 14.3. The first-order chi connectivity index (χ1) is 8.08. The highest BCUT2D eigenvalue weighted by Crippen LogP contribution is 2.26. The predicted molar refractivity (Wildman–Crippen MR) is 59.9 cm³/mol. The van der Waals surface area contributed by atoms with E-state index in [0.29, 0.717) is 12.6 Å². The minimum Gasteiger partial charge on any atom is -0.395 e. The molecule has 1 aliphatic carbocycles. The van der Waals surface area contributed by atoms with Gasteiger partial charge in [-0.3, -0.25) is 9.69 Å². The van der Waals surface area contributed by atoms with Crippen molar-refractivity contribution >= 4 is 5.91 Å². The van der Waals surface area contributed by atoms with Gasteiger partial charge in [0.15, 0.2) is 0 Å². The Bertz CT molecular complexity index is 248. The van der Waals surface area contributed by atoms with E-state index in [-0.39, 0.29) is 25.6 Å². The highest BCUT2D eigenvalue weighted by atomic mass is 19.3. The fourth-order valence-corrected chi connectivity index (χ4v) is 1.88. The number of aliphatic hydroxyl groups is 1. The molecule has 0 aromatic heterocycles. The molecule has 1 rings (SSSR count). The number of carbonyl (C=O) groups is 1. The number of aliphatic hydroxyl groups excluding tert-OH is 1. The second-order valence-electron chi connectivity index (χ2n) is 4.26.